The van der Waals surface area contributed by atoms with E-state index in [4.69, 9.17) is 11.6 Å². The van der Waals surface area contributed by atoms with E-state index in [1.165, 1.54) is 5.56 Å². The molecule has 114 valence electrons. The van der Waals surface area contributed by atoms with E-state index < -0.39 is 5.60 Å². The number of β-amino-alcohol motifs (C(OH)–C–C–N with tert-alkyl or cyclic N) is 1. The number of aromatic amines is 1. The smallest absolute Gasteiger partial charge is 0.100 e. The van der Waals surface area contributed by atoms with Gasteiger partial charge in [0, 0.05) is 34.7 Å². The Hall–Kier alpha value is -1.07. The summed E-state index contributed by atoms with van der Waals surface area (Å²) in [5, 5.41) is 21.5. The quantitative estimate of drug-likeness (QED) is 0.816. The van der Waals surface area contributed by atoms with Crippen molar-refractivity contribution in [3.63, 3.8) is 0 Å². The van der Waals surface area contributed by atoms with Crippen molar-refractivity contribution in [1.82, 2.24) is 9.88 Å². The van der Waals surface area contributed by atoms with Crippen molar-refractivity contribution in [1.29, 1.82) is 0 Å². The summed E-state index contributed by atoms with van der Waals surface area (Å²) in [4.78, 5) is 5.63. The predicted octanol–water partition coefficient (Wildman–Crippen LogP) is 2.45. The molecule has 3 N–H and O–H groups in total. The average molecular weight is 309 g/mol. The van der Waals surface area contributed by atoms with Gasteiger partial charge in [0.25, 0.3) is 0 Å². The fourth-order valence-corrected chi connectivity index (χ4v) is 3.38. The number of nitrogens with one attached hydrogen (secondary N) is 1. The van der Waals surface area contributed by atoms with Crippen LogP contribution in [0.4, 0.5) is 0 Å². The highest BCUT2D eigenvalue weighted by atomic mass is 35.5. The molecule has 1 saturated heterocycles. The fourth-order valence-electron chi connectivity index (χ4n) is 3.21. The molecule has 5 heteroatoms. The zero-order valence-corrected chi connectivity index (χ0v) is 13.0. The lowest BCUT2D eigenvalue weighted by Crippen LogP contribution is -2.50. The van der Waals surface area contributed by atoms with Gasteiger partial charge in [-0.2, -0.15) is 0 Å². The Morgan fingerprint density at radius 2 is 2.24 bits per heavy atom. The molecular formula is C16H21ClN2O2. The van der Waals surface area contributed by atoms with Crippen LogP contribution in [0.15, 0.2) is 18.2 Å². The fraction of sp³-hybridized carbons (Fsp3) is 0.500. The first-order valence-electron chi connectivity index (χ1n) is 7.33. The number of aromatic nitrogens is 1. The molecule has 1 aromatic carbocycles. The Labute approximate surface area is 129 Å². The highest BCUT2D eigenvalue weighted by Gasteiger charge is 2.32. The number of benzene rings is 1. The number of piperidine rings is 1. The van der Waals surface area contributed by atoms with Crippen LogP contribution in [0.1, 0.15) is 24.1 Å². The van der Waals surface area contributed by atoms with E-state index in [0.29, 0.717) is 13.0 Å². The van der Waals surface area contributed by atoms with Gasteiger partial charge in [-0.1, -0.05) is 11.6 Å². The maximum Gasteiger partial charge on any atom is 0.100 e. The standard InChI is InChI=1S/C16H21ClN2O2/c1-11-13-7-12(17)3-4-14(13)18-15(11)8-19-6-2-5-16(21,9-19)10-20/h3-4,7,18,20-21H,2,5-6,8-10H2,1H3/t16-/m0/s1. The van der Waals surface area contributed by atoms with Crippen LogP contribution in [0.2, 0.25) is 5.02 Å². The Kier molecular flexibility index (Phi) is 3.97. The number of fused-ring (bicyclic) bond motifs is 1. The number of hydrogen-bond acceptors (Lipinski definition) is 3. The van der Waals surface area contributed by atoms with Crippen LogP contribution in [-0.4, -0.2) is 45.4 Å². The maximum atomic E-state index is 10.3. The SMILES string of the molecule is Cc1c(CN2CCC[C@@](O)(CO)C2)[nH]c2ccc(Cl)cc12. The van der Waals surface area contributed by atoms with Crippen molar-refractivity contribution < 1.29 is 10.2 Å². The summed E-state index contributed by atoms with van der Waals surface area (Å²) in [6.07, 6.45) is 1.57. The summed E-state index contributed by atoms with van der Waals surface area (Å²) in [6, 6.07) is 5.86. The third-order valence-electron chi connectivity index (χ3n) is 4.43. The van der Waals surface area contributed by atoms with Crippen LogP contribution in [0, 0.1) is 6.92 Å². The largest absolute Gasteiger partial charge is 0.393 e. The molecule has 4 nitrogen and oxygen atoms in total. The molecular weight excluding hydrogens is 288 g/mol. The number of H-pyrrole nitrogens is 1. The third-order valence-corrected chi connectivity index (χ3v) is 4.67. The molecule has 0 spiro atoms. The summed E-state index contributed by atoms with van der Waals surface area (Å²) >= 11 is 6.06. The average Bonchev–Trinajstić information content (AvgIpc) is 2.76. The first-order valence-corrected chi connectivity index (χ1v) is 7.71. The van der Waals surface area contributed by atoms with E-state index in [-0.39, 0.29) is 6.61 Å². The number of likely N-dealkylation sites (tertiary alicyclic amines) is 1. The number of rotatable bonds is 3. The molecule has 3 rings (SSSR count). The van der Waals surface area contributed by atoms with Gasteiger partial charge in [-0.25, -0.2) is 0 Å². The van der Waals surface area contributed by atoms with Crippen LogP contribution < -0.4 is 0 Å². The van der Waals surface area contributed by atoms with Crippen LogP contribution >= 0.6 is 11.6 Å². The summed E-state index contributed by atoms with van der Waals surface area (Å²) < 4.78 is 0. The van der Waals surface area contributed by atoms with Gasteiger partial charge in [-0.3, -0.25) is 4.90 Å². The van der Waals surface area contributed by atoms with Gasteiger partial charge >= 0.3 is 0 Å². The molecule has 0 saturated carbocycles. The molecule has 0 bridgehead atoms. The van der Waals surface area contributed by atoms with Gasteiger partial charge in [-0.05, 0) is 50.1 Å². The minimum atomic E-state index is -0.957. The number of nitrogens with zero attached hydrogens (tertiary/aromatic N) is 1. The van der Waals surface area contributed by atoms with Gasteiger partial charge in [0.15, 0.2) is 0 Å². The molecule has 0 amide bonds. The molecule has 0 radical (unpaired) electrons. The lowest BCUT2D eigenvalue weighted by Gasteiger charge is -2.37. The van der Waals surface area contributed by atoms with Crippen molar-refractivity contribution in [2.45, 2.75) is 31.9 Å². The minimum Gasteiger partial charge on any atom is -0.393 e. The first kappa shape index (κ1) is 14.9. The van der Waals surface area contributed by atoms with Gasteiger partial charge in [0.05, 0.1) is 6.61 Å². The molecule has 1 atom stereocenters. The summed E-state index contributed by atoms with van der Waals surface area (Å²) in [7, 11) is 0. The minimum absolute atomic E-state index is 0.176. The molecule has 1 aromatic heterocycles. The Morgan fingerprint density at radius 3 is 3.00 bits per heavy atom. The topological polar surface area (TPSA) is 59.5 Å². The molecule has 1 fully saturated rings. The second kappa shape index (κ2) is 5.61. The lowest BCUT2D eigenvalue weighted by molar-refractivity contribution is -0.0689. The van der Waals surface area contributed by atoms with Crippen molar-refractivity contribution in [2.24, 2.45) is 0 Å². The van der Waals surface area contributed by atoms with Gasteiger partial charge < -0.3 is 15.2 Å². The number of halogens is 1. The monoisotopic (exact) mass is 308 g/mol. The number of aryl methyl sites for hydroxylation is 1. The molecule has 1 aliphatic heterocycles. The second-order valence-electron chi connectivity index (χ2n) is 6.12. The Morgan fingerprint density at radius 1 is 1.43 bits per heavy atom. The highest BCUT2D eigenvalue weighted by molar-refractivity contribution is 6.31. The van der Waals surface area contributed by atoms with Gasteiger partial charge in [0.1, 0.15) is 5.60 Å². The Balaban J connectivity index is 1.83. The normalized spacial score (nSPS) is 23.8. The van der Waals surface area contributed by atoms with Crippen molar-refractivity contribution in [3.8, 4) is 0 Å². The van der Waals surface area contributed by atoms with E-state index >= 15 is 0 Å². The summed E-state index contributed by atoms with van der Waals surface area (Å²) in [5.74, 6) is 0. The van der Waals surface area contributed by atoms with E-state index in [1.807, 2.05) is 18.2 Å². The molecule has 1 aliphatic rings. The maximum absolute atomic E-state index is 10.3. The van der Waals surface area contributed by atoms with Crippen LogP contribution in [0.5, 0.6) is 0 Å². The zero-order valence-electron chi connectivity index (χ0n) is 12.2. The third kappa shape index (κ3) is 2.94. The van der Waals surface area contributed by atoms with Crippen LogP contribution in [0.3, 0.4) is 0 Å². The molecule has 2 heterocycles. The van der Waals surface area contributed by atoms with E-state index in [2.05, 4.69) is 16.8 Å². The summed E-state index contributed by atoms with van der Waals surface area (Å²) in [5.41, 5.74) is 2.47. The summed E-state index contributed by atoms with van der Waals surface area (Å²) in [6.45, 7) is 4.12. The highest BCUT2D eigenvalue weighted by Crippen LogP contribution is 2.27. The Bertz CT molecular complexity index is 655. The lowest BCUT2D eigenvalue weighted by atomic mass is 9.93. The zero-order chi connectivity index (χ0) is 15.0. The number of hydrogen-bond donors (Lipinski definition) is 3. The van der Waals surface area contributed by atoms with Crippen molar-refractivity contribution >= 4 is 22.5 Å². The van der Waals surface area contributed by atoms with E-state index in [1.54, 1.807) is 0 Å². The number of aliphatic hydroxyl groups excluding tert-OH is 1. The van der Waals surface area contributed by atoms with Crippen LogP contribution in [0.25, 0.3) is 10.9 Å². The number of aliphatic hydroxyl groups is 2. The first-order chi connectivity index (χ1) is 10.0. The van der Waals surface area contributed by atoms with E-state index in [9.17, 15) is 10.2 Å². The molecule has 0 unspecified atom stereocenters. The van der Waals surface area contributed by atoms with Crippen LogP contribution in [-0.2, 0) is 6.54 Å². The predicted molar refractivity (Wildman–Crippen MR) is 84.6 cm³/mol. The van der Waals surface area contributed by atoms with E-state index in [0.717, 1.165) is 41.1 Å². The second-order valence-corrected chi connectivity index (χ2v) is 6.55. The molecule has 0 aliphatic carbocycles. The van der Waals surface area contributed by atoms with Gasteiger partial charge in [-0.15, -0.1) is 0 Å². The van der Waals surface area contributed by atoms with Gasteiger partial charge in [0.2, 0.25) is 0 Å². The molecule has 21 heavy (non-hydrogen) atoms. The van der Waals surface area contributed by atoms with Crippen molar-refractivity contribution in [2.75, 3.05) is 19.7 Å². The molecule has 2 aromatic rings. The van der Waals surface area contributed by atoms with Crippen molar-refractivity contribution in [3.05, 3.63) is 34.5 Å².